The van der Waals surface area contributed by atoms with Crippen LogP contribution in [0.5, 0.6) is 0 Å². The molecule has 2 N–H and O–H groups in total. The number of rotatable bonds is 4. The molecule has 0 saturated heterocycles. The third kappa shape index (κ3) is 3.09. The van der Waals surface area contributed by atoms with E-state index in [0.717, 1.165) is 15.7 Å². The quantitative estimate of drug-likeness (QED) is 0.911. The molecular formula is C14H15BrN2O. The second kappa shape index (κ2) is 5.98. The molecule has 0 amide bonds. The molecule has 0 saturated carbocycles. The van der Waals surface area contributed by atoms with Gasteiger partial charge in [0, 0.05) is 22.8 Å². The lowest BCUT2D eigenvalue weighted by Gasteiger charge is -2.10. The third-order valence-electron chi connectivity index (χ3n) is 2.79. The van der Waals surface area contributed by atoms with Gasteiger partial charge in [-0.3, -0.25) is 4.98 Å². The van der Waals surface area contributed by atoms with E-state index < -0.39 is 0 Å². The van der Waals surface area contributed by atoms with Gasteiger partial charge in [0.1, 0.15) is 0 Å². The summed E-state index contributed by atoms with van der Waals surface area (Å²) in [5, 5.41) is 12.5. The molecule has 94 valence electrons. The molecule has 2 rings (SSSR count). The Bertz CT molecular complexity index is 543. The molecule has 2 aromatic rings. The van der Waals surface area contributed by atoms with Gasteiger partial charge in [0.2, 0.25) is 0 Å². The van der Waals surface area contributed by atoms with Crippen LogP contribution in [0.4, 0.5) is 5.69 Å². The minimum Gasteiger partial charge on any atom is -0.392 e. The fourth-order valence-electron chi connectivity index (χ4n) is 1.73. The van der Waals surface area contributed by atoms with Crippen LogP contribution in [0.15, 0.2) is 41.1 Å². The van der Waals surface area contributed by atoms with Crippen LogP contribution in [0.2, 0.25) is 0 Å². The number of aliphatic hydroxyl groups is 1. The molecule has 0 atom stereocenters. The summed E-state index contributed by atoms with van der Waals surface area (Å²) in [5.74, 6) is 0. The fourth-order valence-corrected chi connectivity index (χ4v) is 1.98. The van der Waals surface area contributed by atoms with Crippen LogP contribution in [0, 0.1) is 6.92 Å². The lowest BCUT2D eigenvalue weighted by Crippen LogP contribution is -2.03. The number of anilines is 1. The van der Waals surface area contributed by atoms with Crippen LogP contribution >= 0.6 is 15.9 Å². The van der Waals surface area contributed by atoms with Crippen molar-refractivity contribution in [3.8, 4) is 0 Å². The number of hydrogen-bond acceptors (Lipinski definition) is 3. The first kappa shape index (κ1) is 13.1. The highest BCUT2D eigenvalue weighted by Gasteiger charge is 2.02. The molecule has 1 aromatic carbocycles. The first-order valence-corrected chi connectivity index (χ1v) is 6.52. The van der Waals surface area contributed by atoms with Crippen molar-refractivity contribution in [3.63, 3.8) is 0 Å². The van der Waals surface area contributed by atoms with E-state index in [-0.39, 0.29) is 6.61 Å². The van der Waals surface area contributed by atoms with Crippen molar-refractivity contribution < 1.29 is 5.11 Å². The minimum absolute atomic E-state index is 0.0181. The van der Waals surface area contributed by atoms with E-state index in [0.29, 0.717) is 6.54 Å². The zero-order chi connectivity index (χ0) is 13.0. The number of nitrogens with one attached hydrogen (secondary N) is 1. The van der Waals surface area contributed by atoms with Gasteiger partial charge in [-0.25, -0.2) is 0 Å². The van der Waals surface area contributed by atoms with Gasteiger partial charge >= 0.3 is 0 Å². The summed E-state index contributed by atoms with van der Waals surface area (Å²) in [4.78, 5) is 4.06. The van der Waals surface area contributed by atoms with Gasteiger partial charge in [-0.2, -0.15) is 0 Å². The first-order chi connectivity index (χ1) is 8.70. The fraction of sp³-hybridized carbons (Fsp3) is 0.214. The Labute approximate surface area is 115 Å². The number of halogens is 1. The molecule has 0 aliphatic carbocycles. The standard InChI is InChI=1S/C14H15BrN2O/c1-10-6-11(2-3-13(10)15)7-17-14-8-16-5-4-12(14)9-18/h2-6,8,17-18H,7,9H2,1H3. The molecule has 0 fully saturated rings. The van der Waals surface area contributed by atoms with E-state index in [1.165, 1.54) is 11.1 Å². The highest BCUT2D eigenvalue weighted by atomic mass is 79.9. The Morgan fingerprint density at radius 3 is 2.89 bits per heavy atom. The SMILES string of the molecule is Cc1cc(CNc2cnccc2CO)ccc1Br. The minimum atomic E-state index is 0.0181. The Morgan fingerprint density at radius 2 is 2.17 bits per heavy atom. The van der Waals surface area contributed by atoms with Crippen molar-refractivity contribution in [2.45, 2.75) is 20.1 Å². The molecule has 4 heteroatoms. The predicted octanol–water partition coefficient (Wildman–Crippen LogP) is 3.26. The summed E-state index contributed by atoms with van der Waals surface area (Å²) in [6, 6.07) is 8.06. The Morgan fingerprint density at radius 1 is 1.33 bits per heavy atom. The summed E-state index contributed by atoms with van der Waals surface area (Å²) in [7, 11) is 0. The number of pyridine rings is 1. The van der Waals surface area contributed by atoms with E-state index in [1.54, 1.807) is 12.4 Å². The Kier molecular flexibility index (Phi) is 4.33. The van der Waals surface area contributed by atoms with E-state index in [4.69, 9.17) is 0 Å². The van der Waals surface area contributed by atoms with Gasteiger partial charge in [-0.05, 0) is 30.2 Å². The van der Waals surface area contributed by atoms with E-state index >= 15 is 0 Å². The van der Waals surface area contributed by atoms with Gasteiger partial charge in [0.25, 0.3) is 0 Å². The van der Waals surface area contributed by atoms with Crippen LogP contribution in [-0.2, 0) is 13.2 Å². The van der Waals surface area contributed by atoms with Crippen LogP contribution in [0.25, 0.3) is 0 Å². The topological polar surface area (TPSA) is 45.2 Å². The van der Waals surface area contributed by atoms with Gasteiger partial charge in [-0.15, -0.1) is 0 Å². The number of nitrogens with zero attached hydrogens (tertiary/aromatic N) is 1. The Hall–Kier alpha value is -1.39. The second-order valence-electron chi connectivity index (χ2n) is 4.13. The molecular weight excluding hydrogens is 292 g/mol. The average molecular weight is 307 g/mol. The maximum absolute atomic E-state index is 9.22. The lowest BCUT2D eigenvalue weighted by molar-refractivity contribution is 0.282. The van der Waals surface area contributed by atoms with E-state index in [2.05, 4.69) is 45.3 Å². The van der Waals surface area contributed by atoms with Crippen LogP contribution in [0.1, 0.15) is 16.7 Å². The molecule has 0 bridgehead atoms. The molecule has 0 spiro atoms. The molecule has 0 radical (unpaired) electrons. The zero-order valence-corrected chi connectivity index (χ0v) is 11.7. The molecule has 1 aromatic heterocycles. The largest absolute Gasteiger partial charge is 0.392 e. The predicted molar refractivity (Wildman–Crippen MR) is 76.4 cm³/mol. The summed E-state index contributed by atoms with van der Waals surface area (Å²) in [6.45, 7) is 2.80. The molecule has 1 heterocycles. The lowest BCUT2D eigenvalue weighted by atomic mass is 10.1. The smallest absolute Gasteiger partial charge is 0.0703 e. The van der Waals surface area contributed by atoms with E-state index in [9.17, 15) is 5.11 Å². The third-order valence-corrected chi connectivity index (χ3v) is 3.68. The molecule has 0 unspecified atom stereocenters. The highest BCUT2D eigenvalue weighted by Crippen LogP contribution is 2.19. The van der Waals surface area contributed by atoms with Crippen molar-refractivity contribution in [2.75, 3.05) is 5.32 Å². The van der Waals surface area contributed by atoms with Crippen LogP contribution < -0.4 is 5.32 Å². The average Bonchev–Trinajstić information content (AvgIpc) is 2.40. The van der Waals surface area contributed by atoms with Gasteiger partial charge in [0.15, 0.2) is 0 Å². The van der Waals surface area contributed by atoms with Gasteiger partial charge < -0.3 is 10.4 Å². The van der Waals surface area contributed by atoms with Crippen molar-refractivity contribution >= 4 is 21.6 Å². The molecule has 0 aliphatic rings. The van der Waals surface area contributed by atoms with Crippen LogP contribution in [0.3, 0.4) is 0 Å². The zero-order valence-electron chi connectivity index (χ0n) is 10.2. The summed E-state index contributed by atoms with van der Waals surface area (Å²) < 4.78 is 1.11. The van der Waals surface area contributed by atoms with Crippen LogP contribution in [-0.4, -0.2) is 10.1 Å². The van der Waals surface area contributed by atoms with Crippen molar-refractivity contribution in [1.29, 1.82) is 0 Å². The second-order valence-corrected chi connectivity index (χ2v) is 4.98. The molecule has 0 aliphatic heterocycles. The summed E-state index contributed by atoms with van der Waals surface area (Å²) in [6.07, 6.45) is 3.41. The van der Waals surface area contributed by atoms with Crippen molar-refractivity contribution in [3.05, 3.63) is 57.8 Å². The number of benzene rings is 1. The highest BCUT2D eigenvalue weighted by molar-refractivity contribution is 9.10. The van der Waals surface area contributed by atoms with Gasteiger partial charge in [0.05, 0.1) is 18.5 Å². The van der Waals surface area contributed by atoms with Gasteiger partial charge in [-0.1, -0.05) is 28.1 Å². The van der Waals surface area contributed by atoms with Crippen molar-refractivity contribution in [1.82, 2.24) is 4.98 Å². The maximum atomic E-state index is 9.22. The molecule has 3 nitrogen and oxygen atoms in total. The Balaban J connectivity index is 2.09. The number of aromatic nitrogens is 1. The number of aryl methyl sites for hydroxylation is 1. The summed E-state index contributed by atoms with van der Waals surface area (Å²) >= 11 is 3.48. The first-order valence-electron chi connectivity index (χ1n) is 5.73. The van der Waals surface area contributed by atoms with Crippen molar-refractivity contribution in [2.24, 2.45) is 0 Å². The number of aliphatic hydroxyl groups excluding tert-OH is 1. The maximum Gasteiger partial charge on any atom is 0.0703 e. The molecule has 18 heavy (non-hydrogen) atoms. The monoisotopic (exact) mass is 306 g/mol. The van der Waals surface area contributed by atoms with E-state index in [1.807, 2.05) is 12.1 Å². The normalized spacial score (nSPS) is 10.4. The number of hydrogen-bond donors (Lipinski definition) is 2. The summed E-state index contributed by atoms with van der Waals surface area (Å²) in [5.41, 5.74) is 4.14.